The third-order valence-corrected chi connectivity index (χ3v) is 4.13. The Morgan fingerprint density at radius 3 is 2.33 bits per heavy atom. The number of rotatable bonds is 5. The molecule has 0 bridgehead atoms. The molecule has 0 aliphatic carbocycles. The average Bonchev–Trinajstić information content (AvgIpc) is 2.89. The zero-order valence-electron chi connectivity index (χ0n) is 15.4. The number of aromatic hydroxyl groups is 2. The molecular formula is C20H22N4O3. The molecule has 2 aromatic heterocycles. The third-order valence-electron chi connectivity index (χ3n) is 4.13. The molecule has 0 aliphatic heterocycles. The molecule has 4 N–H and O–H groups in total. The van der Waals surface area contributed by atoms with Crippen LogP contribution in [0.1, 0.15) is 35.5 Å². The van der Waals surface area contributed by atoms with Crippen LogP contribution in [0.2, 0.25) is 0 Å². The predicted octanol–water partition coefficient (Wildman–Crippen LogP) is 3.64. The van der Waals surface area contributed by atoms with Crippen LogP contribution >= 0.6 is 0 Å². The second-order valence-electron chi connectivity index (χ2n) is 6.89. The maximum Gasteiger partial charge on any atom is 0.267 e. The lowest BCUT2D eigenvalue weighted by Gasteiger charge is -2.06. The summed E-state index contributed by atoms with van der Waals surface area (Å²) >= 11 is 0. The smallest absolute Gasteiger partial charge is 0.267 e. The van der Waals surface area contributed by atoms with E-state index in [1.807, 2.05) is 45.0 Å². The molecule has 0 saturated heterocycles. The molecule has 0 fully saturated rings. The second kappa shape index (κ2) is 7.49. The molecule has 3 aromatic rings. The van der Waals surface area contributed by atoms with Crippen LogP contribution in [0.4, 0.5) is 5.95 Å². The lowest BCUT2D eigenvalue weighted by Crippen LogP contribution is -2.14. The molecule has 27 heavy (non-hydrogen) atoms. The van der Waals surface area contributed by atoms with Crippen LogP contribution in [0.25, 0.3) is 11.1 Å². The van der Waals surface area contributed by atoms with Gasteiger partial charge in [-0.15, -0.1) is 0 Å². The minimum Gasteiger partial charge on any atom is -0.505 e. The molecule has 7 nitrogen and oxygen atoms in total. The summed E-state index contributed by atoms with van der Waals surface area (Å²) < 4.78 is 0. The van der Waals surface area contributed by atoms with Gasteiger partial charge in [-0.25, -0.2) is 9.97 Å². The van der Waals surface area contributed by atoms with Crippen molar-refractivity contribution in [2.45, 2.75) is 27.2 Å². The Kier molecular flexibility index (Phi) is 5.12. The van der Waals surface area contributed by atoms with Crippen molar-refractivity contribution < 1.29 is 15.0 Å². The number of hydrogen-bond acceptors (Lipinski definition) is 5. The Hall–Kier alpha value is -3.35. The van der Waals surface area contributed by atoms with E-state index < -0.39 is 5.91 Å². The number of nitrogens with one attached hydrogen (secondary N) is 2. The number of nitrogens with zero attached hydrogens (tertiary/aromatic N) is 2. The van der Waals surface area contributed by atoms with Crippen molar-refractivity contribution in [2.24, 2.45) is 5.92 Å². The molecule has 140 valence electrons. The highest BCUT2D eigenvalue weighted by Gasteiger charge is 2.24. The predicted molar refractivity (Wildman–Crippen MR) is 103 cm³/mol. The summed E-state index contributed by atoms with van der Waals surface area (Å²) in [5.74, 6) is -0.977. The average molecular weight is 366 g/mol. The van der Waals surface area contributed by atoms with Crippen LogP contribution in [-0.4, -0.2) is 31.1 Å². The highest BCUT2D eigenvalue weighted by molar-refractivity contribution is 6.07. The number of aryl methyl sites for hydroxylation is 1. The number of aromatic nitrogens is 3. The van der Waals surface area contributed by atoms with Crippen molar-refractivity contribution in [3.8, 4) is 22.8 Å². The van der Waals surface area contributed by atoms with Crippen LogP contribution in [0, 0.1) is 12.8 Å². The van der Waals surface area contributed by atoms with Gasteiger partial charge in [0.15, 0.2) is 5.75 Å². The lowest BCUT2D eigenvalue weighted by molar-refractivity contribution is 0.102. The number of carbonyl (C=O) groups excluding carboxylic acids is 1. The third kappa shape index (κ3) is 4.08. The highest BCUT2D eigenvalue weighted by atomic mass is 16.3. The maximum atomic E-state index is 12.4. The van der Waals surface area contributed by atoms with E-state index in [-0.39, 0.29) is 29.1 Å². The SMILES string of the molecule is Cc1ccc(-c2cnc(NC(=O)c3c(O)[nH]c(CC(C)C)c3O)nc2)cc1. The molecule has 0 radical (unpaired) electrons. The minimum atomic E-state index is -0.681. The first-order chi connectivity index (χ1) is 12.8. The van der Waals surface area contributed by atoms with E-state index in [9.17, 15) is 15.0 Å². The van der Waals surface area contributed by atoms with Crippen LogP contribution in [0.3, 0.4) is 0 Å². The fraction of sp³-hybridized carbons (Fsp3) is 0.250. The molecule has 1 amide bonds. The zero-order valence-corrected chi connectivity index (χ0v) is 15.4. The van der Waals surface area contributed by atoms with Crippen LogP contribution in [0.5, 0.6) is 11.6 Å². The van der Waals surface area contributed by atoms with E-state index in [4.69, 9.17) is 0 Å². The Balaban J connectivity index is 1.77. The van der Waals surface area contributed by atoms with Gasteiger partial charge in [0.2, 0.25) is 11.8 Å². The summed E-state index contributed by atoms with van der Waals surface area (Å²) in [6.07, 6.45) is 3.72. The van der Waals surface area contributed by atoms with Gasteiger partial charge >= 0.3 is 0 Å². The number of hydrogen-bond donors (Lipinski definition) is 4. The van der Waals surface area contributed by atoms with Crippen molar-refractivity contribution in [3.05, 3.63) is 53.5 Å². The number of benzene rings is 1. The van der Waals surface area contributed by atoms with Gasteiger partial charge in [-0.3, -0.25) is 10.1 Å². The highest BCUT2D eigenvalue weighted by Crippen LogP contribution is 2.32. The van der Waals surface area contributed by atoms with Gasteiger partial charge in [0.1, 0.15) is 5.56 Å². The standard InChI is InChI=1S/C20H22N4O3/c1-11(2)8-15-17(25)16(18(26)23-15)19(27)24-20-21-9-14(10-22-20)13-6-4-12(3)5-7-13/h4-7,9-11,23,25-26H,8H2,1-3H3,(H,21,22,24,27). The number of amides is 1. The van der Waals surface area contributed by atoms with Gasteiger partial charge in [0, 0.05) is 18.0 Å². The number of anilines is 1. The number of carbonyl (C=O) groups is 1. The van der Waals surface area contributed by atoms with Crippen molar-refractivity contribution >= 4 is 11.9 Å². The van der Waals surface area contributed by atoms with E-state index >= 15 is 0 Å². The molecule has 0 saturated carbocycles. The summed E-state index contributed by atoms with van der Waals surface area (Å²) in [4.78, 5) is 23.3. The maximum absolute atomic E-state index is 12.4. The Morgan fingerprint density at radius 2 is 1.74 bits per heavy atom. The van der Waals surface area contributed by atoms with Crippen LogP contribution in [-0.2, 0) is 6.42 Å². The van der Waals surface area contributed by atoms with E-state index in [2.05, 4.69) is 20.3 Å². The zero-order chi connectivity index (χ0) is 19.6. The number of aromatic amines is 1. The largest absolute Gasteiger partial charge is 0.505 e. The quantitative estimate of drug-likeness (QED) is 0.551. The summed E-state index contributed by atoms with van der Waals surface area (Å²) in [5.41, 5.74) is 3.16. The van der Waals surface area contributed by atoms with E-state index in [1.54, 1.807) is 12.4 Å². The fourth-order valence-corrected chi connectivity index (χ4v) is 2.75. The molecular weight excluding hydrogens is 344 g/mol. The van der Waals surface area contributed by atoms with Gasteiger partial charge in [-0.05, 0) is 24.8 Å². The molecule has 2 heterocycles. The van der Waals surface area contributed by atoms with Gasteiger partial charge in [-0.1, -0.05) is 43.7 Å². The van der Waals surface area contributed by atoms with Crippen molar-refractivity contribution in [1.82, 2.24) is 15.0 Å². The first kappa shape index (κ1) is 18.4. The van der Waals surface area contributed by atoms with Gasteiger partial charge < -0.3 is 15.2 Å². The van der Waals surface area contributed by atoms with Gasteiger partial charge in [-0.2, -0.15) is 0 Å². The Morgan fingerprint density at radius 1 is 1.11 bits per heavy atom. The molecule has 0 atom stereocenters. The van der Waals surface area contributed by atoms with Gasteiger partial charge in [0.05, 0.1) is 5.69 Å². The summed E-state index contributed by atoms with van der Waals surface area (Å²) in [6, 6.07) is 7.94. The van der Waals surface area contributed by atoms with Crippen molar-refractivity contribution in [3.63, 3.8) is 0 Å². The Bertz CT molecular complexity index is 945. The first-order valence-electron chi connectivity index (χ1n) is 8.68. The molecule has 7 heteroatoms. The summed E-state index contributed by atoms with van der Waals surface area (Å²) in [5, 5.41) is 22.7. The van der Waals surface area contributed by atoms with E-state index in [1.165, 1.54) is 0 Å². The van der Waals surface area contributed by atoms with Crippen LogP contribution in [0.15, 0.2) is 36.7 Å². The lowest BCUT2D eigenvalue weighted by atomic mass is 10.1. The van der Waals surface area contributed by atoms with Crippen molar-refractivity contribution in [1.29, 1.82) is 0 Å². The second-order valence-corrected chi connectivity index (χ2v) is 6.89. The molecule has 1 aromatic carbocycles. The summed E-state index contributed by atoms with van der Waals surface area (Å²) in [7, 11) is 0. The molecule has 0 aliphatic rings. The fourth-order valence-electron chi connectivity index (χ4n) is 2.75. The molecule has 3 rings (SSSR count). The van der Waals surface area contributed by atoms with E-state index in [0.717, 1.165) is 16.7 Å². The molecule has 0 unspecified atom stereocenters. The normalized spacial score (nSPS) is 11.0. The first-order valence-corrected chi connectivity index (χ1v) is 8.68. The number of H-pyrrole nitrogens is 1. The Labute approximate surface area is 157 Å². The minimum absolute atomic E-state index is 0.0845. The summed E-state index contributed by atoms with van der Waals surface area (Å²) in [6.45, 7) is 5.96. The monoisotopic (exact) mass is 366 g/mol. The van der Waals surface area contributed by atoms with Crippen LogP contribution < -0.4 is 5.32 Å². The topological polar surface area (TPSA) is 111 Å². The van der Waals surface area contributed by atoms with Crippen molar-refractivity contribution in [2.75, 3.05) is 5.32 Å². The van der Waals surface area contributed by atoms with E-state index in [0.29, 0.717) is 12.1 Å². The molecule has 0 spiro atoms. The van der Waals surface area contributed by atoms with Gasteiger partial charge in [0.25, 0.3) is 5.91 Å².